The van der Waals surface area contributed by atoms with Gasteiger partial charge in [0, 0.05) is 18.3 Å². The van der Waals surface area contributed by atoms with Crippen LogP contribution in [0.3, 0.4) is 0 Å². The summed E-state index contributed by atoms with van der Waals surface area (Å²) < 4.78 is 27.1. The lowest BCUT2D eigenvalue weighted by molar-refractivity contribution is -0.123. The second-order valence-corrected chi connectivity index (χ2v) is 9.59. The van der Waals surface area contributed by atoms with E-state index in [9.17, 15) is 13.2 Å². The first-order valence-corrected chi connectivity index (χ1v) is 11.5. The number of rotatable bonds is 5. The molecule has 0 unspecified atom stereocenters. The van der Waals surface area contributed by atoms with Crippen molar-refractivity contribution in [1.29, 1.82) is 0 Å². The molecule has 4 rings (SSSR count). The number of fused-ring (bicyclic) bond motifs is 2. The van der Waals surface area contributed by atoms with Crippen molar-refractivity contribution in [3.8, 4) is 0 Å². The minimum Gasteiger partial charge on any atom is -0.483 e. The fourth-order valence-corrected chi connectivity index (χ4v) is 5.98. The van der Waals surface area contributed by atoms with E-state index < -0.39 is 15.4 Å². The minimum absolute atomic E-state index is 0.0498. The van der Waals surface area contributed by atoms with Crippen LogP contribution >= 0.6 is 0 Å². The Morgan fingerprint density at radius 3 is 2.47 bits per heavy atom. The third kappa shape index (κ3) is 3.85. The zero-order chi connectivity index (χ0) is 21.8. The topological polar surface area (TPSA) is 104 Å². The number of amides is 1. The van der Waals surface area contributed by atoms with Gasteiger partial charge in [0.05, 0.1) is 11.2 Å². The van der Waals surface area contributed by atoms with Crippen LogP contribution < -0.4 is 5.32 Å². The van der Waals surface area contributed by atoms with Gasteiger partial charge in [0.1, 0.15) is 0 Å². The van der Waals surface area contributed by atoms with Gasteiger partial charge in [-0.15, -0.1) is 0 Å². The number of carboxylic acid groups (broad SMARTS) is 1. The summed E-state index contributed by atoms with van der Waals surface area (Å²) in [5, 5.41) is 9.88. The summed E-state index contributed by atoms with van der Waals surface area (Å²) in [6.07, 6.45) is 1.87. The number of carbonyl (C=O) groups is 2. The van der Waals surface area contributed by atoms with E-state index in [1.165, 1.54) is 0 Å². The highest BCUT2D eigenvalue weighted by molar-refractivity contribution is 7.89. The van der Waals surface area contributed by atoms with Gasteiger partial charge in [-0.3, -0.25) is 9.59 Å². The Morgan fingerprint density at radius 1 is 1.17 bits per heavy atom. The summed E-state index contributed by atoms with van der Waals surface area (Å²) in [6.45, 7) is 1.80. The number of hydrogen-bond donors (Lipinski definition) is 2. The zero-order valence-electron chi connectivity index (χ0n) is 16.8. The normalized spacial score (nSPS) is 22.8. The molecule has 2 heterocycles. The van der Waals surface area contributed by atoms with Crippen LogP contribution in [-0.2, 0) is 31.4 Å². The molecule has 2 aromatic rings. The Kier molecular flexibility index (Phi) is 6.58. The summed E-state index contributed by atoms with van der Waals surface area (Å²) in [6, 6.07) is 17.3. The predicted molar refractivity (Wildman–Crippen MR) is 115 cm³/mol. The first-order valence-electron chi connectivity index (χ1n) is 9.93. The molecule has 1 saturated heterocycles. The molecule has 0 saturated carbocycles. The highest BCUT2D eigenvalue weighted by Gasteiger charge is 2.59. The van der Waals surface area contributed by atoms with Crippen molar-refractivity contribution in [1.82, 2.24) is 4.31 Å². The average Bonchev–Trinajstić information content (AvgIpc) is 3.28. The maximum atomic E-state index is 13.1. The van der Waals surface area contributed by atoms with E-state index in [1.807, 2.05) is 54.6 Å². The molecule has 2 aliphatic rings. The van der Waals surface area contributed by atoms with Gasteiger partial charge in [0.25, 0.3) is 6.47 Å². The van der Waals surface area contributed by atoms with Gasteiger partial charge < -0.3 is 10.4 Å². The monoisotopic (exact) mass is 430 g/mol. The summed E-state index contributed by atoms with van der Waals surface area (Å²) >= 11 is 0. The Bertz CT molecular complexity index is 1010. The van der Waals surface area contributed by atoms with Gasteiger partial charge in [0.2, 0.25) is 15.9 Å². The molecule has 160 valence electrons. The molecule has 0 radical (unpaired) electrons. The first kappa shape index (κ1) is 22.0. The Balaban J connectivity index is 0.000000806. The van der Waals surface area contributed by atoms with Crippen LogP contribution in [0, 0.1) is 0 Å². The van der Waals surface area contributed by atoms with Crippen LogP contribution in [0.25, 0.3) is 0 Å². The highest BCUT2D eigenvalue weighted by atomic mass is 32.2. The summed E-state index contributed by atoms with van der Waals surface area (Å²) in [5.74, 6) is -0.0238. The van der Waals surface area contributed by atoms with Crippen LogP contribution in [0.4, 0.5) is 5.69 Å². The smallest absolute Gasteiger partial charge is 0.290 e. The molecule has 0 bridgehead atoms. The van der Waals surface area contributed by atoms with Crippen molar-refractivity contribution >= 4 is 28.1 Å². The van der Waals surface area contributed by atoms with Crippen molar-refractivity contribution in [2.45, 2.75) is 37.6 Å². The molecule has 0 aliphatic carbocycles. The molecule has 2 atom stereocenters. The van der Waals surface area contributed by atoms with Crippen LogP contribution in [0.2, 0.25) is 0 Å². The van der Waals surface area contributed by atoms with Crippen LogP contribution in [0.5, 0.6) is 0 Å². The number of anilines is 1. The number of sulfonamides is 1. The first-order chi connectivity index (χ1) is 14.4. The molecule has 2 aromatic carbocycles. The Morgan fingerprint density at radius 2 is 1.80 bits per heavy atom. The van der Waals surface area contributed by atoms with E-state index in [4.69, 9.17) is 9.90 Å². The Hall–Kier alpha value is -2.71. The van der Waals surface area contributed by atoms with Crippen molar-refractivity contribution < 1.29 is 23.1 Å². The van der Waals surface area contributed by atoms with E-state index in [1.54, 1.807) is 11.2 Å². The molecule has 1 spiro atoms. The average molecular weight is 431 g/mol. The van der Waals surface area contributed by atoms with Gasteiger partial charge in [-0.05, 0) is 43.4 Å². The fourth-order valence-electron chi connectivity index (χ4n) is 4.61. The van der Waals surface area contributed by atoms with Crippen molar-refractivity contribution in [3.05, 3.63) is 65.7 Å². The van der Waals surface area contributed by atoms with E-state index >= 15 is 0 Å². The SMILES string of the molecule is CCS(=O)(=O)N1CC[C@]2(C(=O)Nc3ccccc32)[C@@H]1CCc1ccccc1.O=CO. The van der Waals surface area contributed by atoms with E-state index in [-0.39, 0.29) is 24.2 Å². The molecular weight excluding hydrogens is 404 g/mol. The third-order valence-electron chi connectivity index (χ3n) is 5.98. The quantitative estimate of drug-likeness (QED) is 0.710. The molecule has 2 N–H and O–H groups in total. The standard InChI is InChI=1S/C21H24N2O3S.CH2O2/c1-2-27(25,26)23-15-14-21(17-10-6-7-11-18(17)22-20(21)24)19(23)13-12-16-8-4-3-5-9-16;2-1-3/h3-11,19H,2,12-15H2,1H3,(H,22,24);1H,(H,2,3)/t19-,21+;/m0./s1. The molecule has 30 heavy (non-hydrogen) atoms. The second kappa shape index (κ2) is 8.97. The van der Waals surface area contributed by atoms with Gasteiger partial charge >= 0.3 is 0 Å². The minimum atomic E-state index is -3.39. The van der Waals surface area contributed by atoms with E-state index in [0.29, 0.717) is 19.4 Å². The van der Waals surface area contributed by atoms with Crippen molar-refractivity contribution in [2.75, 3.05) is 17.6 Å². The zero-order valence-corrected chi connectivity index (χ0v) is 17.6. The molecule has 8 heteroatoms. The summed E-state index contributed by atoms with van der Waals surface area (Å²) in [4.78, 5) is 21.5. The third-order valence-corrected chi connectivity index (χ3v) is 7.86. The number of nitrogens with zero attached hydrogens (tertiary/aromatic N) is 1. The molecular formula is C22H26N2O5S. The molecule has 2 aliphatic heterocycles. The number of carbonyl (C=O) groups excluding carboxylic acids is 1. The number of para-hydroxylation sites is 1. The number of benzene rings is 2. The molecule has 7 nitrogen and oxygen atoms in total. The molecule has 1 fully saturated rings. The largest absolute Gasteiger partial charge is 0.483 e. The number of aryl methyl sites for hydroxylation is 1. The predicted octanol–water partition coefficient (Wildman–Crippen LogP) is 2.63. The van der Waals surface area contributed by atoms with Crippen LogP contribution in [0.15, 0.2) is 54.6 Å². The van der Waals surface area contributed by atoms with Crippen LogP contribution in [-0.4, -0.2) is 48.5 Å². The van der Waals surface area contributed by atoms with Gasteiger partial charge in [-0.2, -0.15) is 4.31 Å². The van der Waals surface area contributed by atoms with Crippen molar-refractivity contribution in [2.24, 2.45) is 0 Å². The summed E-state index contributed by atoms with van der Waals surface area (Å²) in [7, 11) is -3.39. The Labute approximate surface area is 176 Å². The second-order valence-electron chi connectivity index (χ2n) is 7.38. The number of hydrogen-bond acceptors (Lipinski definition) is 4. The van der Waals surface area contributed by atoms with Gasteiger partial charge in [0.15, 0.2) is 0 Å². The van der Waals surface area contributed by atoms with Crippen molar-refractivity contribution in [3.63, 3.8) is 0 Å². The van der Waals surface area contributed by atoms with E-state index in [2.05, 4.69) is 5.32 Å². The van der Waals surface area contributed by atoms with E-state index in [0.717, 1.165) is 23.2 Å². The molecule has 1 amide bonds. The highest BCUT2D eigenvalue weighted by Crippen LogP contribution is 2.50. The fraction of sp³-hybridized carbons (Fsp3) is 0.364. The summed E-state index contributed by atoms with van der Waals surface area (Å²) in [5.41, 5.74) is 2.10. The van der Waals surface area contributed by atoms with Gasteiger partial charge in [-0.25, -0.2) is 8.42 Å². The number of nitrogens with one attached hydrogen (secondary N) is 1. The maximum Gasteiger partial charge on any atom is 0.290 e. The van der Waals surface area contributed by atoms with Crippen LogP contribution in [0.1, 0.15) is 30.9 Å². The van der Waals surface area contributed by atoms with Gasteiger partial charge in [-0.1, -0.05) is 48.5 Å². The molecule has 0 aromatic heterocycles. The lowest BCUT2D eigenvalue weighted by Gasteiger charge is -2.33. The maximum absolute atomic E-state index is 13.1. The lowest BCUT2D eigenvalue weighted by Crippen LogP contribution is -2.49. The lowest BCUT2D eigenvalue weighted by atomic mass is 9.73.